The molecule has 0 aliphatic heterocycles. The number of benzene rings is 1. The third kappa shape index (κ3) is 7.23. The first-order chi connectivity index (χ1) is 10.7. The molecule has 0 radical (unpaired) electrons. The summed E-state index contributed by atoms with van der Waals surface area (Å²) in [5.74, 6) is 0.910. The van der Waals surface area contributed by atoms with Crippen LogP contribution in [0.15, 0.2) is 18.2 Å². The molecule has 0 saturated heterocycles. The Bertz CT molecular complexity index is 512. The van der Waals surface area contributed by atoms with Crippen LogP contribution in [0, 0.1) is 0 Å². The molecule has 0 fully saturated rings. The summed E-state index contributed by atoms with van der Waals surface area (Å²) in [6.45, 7) is 8.45. The van der Waals surface area contributed by atoms with Gasteiger partial charge in [-0.1, -0.05) is 6.92 Å². The maximum absolute atomic E-state index is 11.7. The first-order valence-electron chi connectivity index (χ1n) is 7.81. The Morgan fingerprint density at radius 3 is 2.61 bits per heavy atom. The summed E-state index contributed by atoms with van der Waals surface area (Å²) in [5, 5.41) is 15.9. The first-order valence-corrected chi connectivity index (χ1v) is 7.81. The summed E-state index contributed by atoms with van der Waals surface area (Å²) in [6.07, 6.45) is 0.405. The Kier molecular flexibility index (Phi) is 7.16. The van der Waals surface area contributed by atoms with Gasteiger partial charge in [-0.05, 0) is 45.4 Å². The second kappa shape index (κ2) is 8.62. The second-order valence-corrected chi connectivity index (χ2v) is 6.36. The molecule has 0 spiro atoms. The fraction of sp³-hybridized carbons (Fsp3) is 0.588. The molecule has 6 heteroatoms. The minimum Gasteiger partial charge on any atom is -0.508 e. The van der Waals surface area contributed by atoms with Gasteiger partial charge in [0.15, 0.2) is 0 Å². The van der Waals surface area contributed by atoms with Crippen molar-refractivity contribution in [1.82, 2.24) is 10.6 Å². The molecule has 23 heavy (non-hydrogen) atoms. The predicted octanol–water partition coefficient (Wildman–Crippen LogP) is 2.79. The van der Waals surface area contributed by atoms with Gasteiger partial charge in [0.05, 0.1) is 7.11 Å². The summed E-state index contributed by atoms with van der Waals surface area (Å²) in [4.78, 5) is 11.7. The number of amides is 1. The summed E-state index contributed by atoms with van der Waals surface area (Å²) in [6, 6.07) is 5.18. The number of phenols is 1. The quantitative estimate of drug-likeness (QED) is 0.719. The highest BCUT2D eigenvalue weighted by Crippen LogP contribution is 2.22. The number of alkyl carbamates (subject to hydrolysis) is 1. The highest BCUT2D eigenvalue weighted by Gasteiger charge is 2.17. The van der Waals surface area contributed by atoms with Crippen LogP contribution in [-0.2, 0) is 11.3 Å². The van der Waals surface area contributed by atoms with Crippen LogP contribution in [0.25, 0.3) is 0 Å². The van der Waals surface area contributed by atoms with Crippen LogP contribution >= 0.6 is 0 Å². The summed E-state index contributed by atoms with van der Waals surface area (Å²) in [7, 11) is 1.59. The van der Waals surface area contributed by atoms with Crippen molar-refractivity contribution < 1.29 is 19.4 Å². The van der Waals surface area contributed by atoms with Gasteiger partial charge in [-0.15, -0.1) is 0 Å². The number of hydrogen-bond donors (Lipinski definition) is 3. The number of hydrogen-bond acceptors (Lipinski definition) is 5. The summed E-state index contributed by atoms with van der Waals surface area (Å²) < 4.78 is 10.4. The van der Waals surface area contributed by atoms with E-state index in [9.17, 15) is 9.90 Å². The van der Waals surface area contributed by atoms with Crippen molar-refractivity contribution in [3.8, 4) is 11.5 Å². The number of aromatic hydroxyl groups is 1. The normalized spacial score (nSPS) is 12.6. The molecule has 130 valence electrons. The SMILES string of the molecule is CCC(CNC(=O)OC(C)(C)C)NCc1cc(OC)ccc1O. The lowest BCUT2D eigenvalue weighted by Crippen LogP contribution is -2.42. The van der Waals surface area contributed by atoms with E-state index >= 15 is 0 Å². The van der Waals surface area contributed by atoms with Crippen molar-refractivity contribution >= 4 is 6.09 Å². The van der Waals surface area contributed by atoms with E-state index < -0.39 is 11.7 Å². The van der Waals surface area contributed by atoms with Crippen LogP contribution in [0.2, 0.25) is 0 Å². The van der Waals surface area contributed by atoms with Crippen LogP contribution in [-0.4, -0.2) is 36.5 Å². The van der Waals surface area contributed by atoms with E-state index in [-0.39, 0.29) is 11.8 Å². The Hall–Kier alpha value is -1.95. The minimum absolute atomic E-state index is 0.0770. The number of nitrogens with one attached hydrogen (secondary N) is 2. The Balaban J connectivity index is 2.49. The second-order valence-electron chi connectivity index (χ2n) is 6.36. The lowest BCUT2D eigenvalue weighted by Gasteiger charge is -2.22. The van der Waals surface area contributed by atoms with Gasteiger partial charge in [0.25, 0.3) is 0 Å². The molecule has 1 unspecified atom stereocenters. The number of phenolic OH excluding ortho intramolecular Hbond substituents is 1. The number of carbonyl (C=O) groups is 1. The predicted molar refractivity (Wildman–Crippen MR) is 89.8 cm³/mol. The molecule has 0 heterocycles. The number of methoxy groups -OCH3 is 1. The third-order valence-electron chi connectivity index (χ3n) is 3.25. The standard InChI is InChI=1S/C17H28N2O4/c1-6-13(11-19-16(21)23-17(2,3)4)18-10-12-9-14(22-5)7-8-15(12)20/h7-9,13,18,20H,6,10-11H2,1-5H3,(H,19,21). The van der Waals surface area contributed by atoms with Gasteiger partial charge >= 0.3 is 6.09 Å². The molecule has 1 atom stereocenters. The van der Waals surface area contributed by atoms with E-state index in [0.29, 0.717) is 18.8 Å². The smallest absolute Gasteiger partial charge is 0.407 e. The van der Waals surface area contributed by atoms with E-state index in [1.54, 1.807) is 25.3 Å². The van der Waals surface area contributed by atoms with E-state index in [4.69, 9.17) is 9.47 Å². The highest BCUT2D eigenvalue weighted by molar-refractivity contribution is 5.67. The zero-order chi connectivity index (χ0) is 17.5. The molecule has 0 aromatic heterocycles. The molecule has 0 bridgehead atoms. The van der Waals surface area contributed by atoms with Gasteiger partial charge < -0.3 is 25.2 Å². The Morgan fingerprint density at radius 2 is 2.04 bits per heavy atom. The number of ether oxygens (including phenoxy) is 2. The van der Waals surface area contributed by atoms with Crippen molar-refractivity contribution in [2.75, 3.05) is 13.7 Å². The molecule has 0 saturated carbocycles. The van der Waals surface area contributed by atoms with Crippen molar-refractivity contribution in [1.29, 1.82) is 0 Å². The Labute approximate surface area is 138 Å². The Morgan fingerprint density at radius 1 is 1.35 bits per heavy atom. The fourth-order valence-electron chi connectivity index (χ4n) is 1.97. The molecule has 1 aromatic rings. The monoisotopic (exact) mass is 324 g/mol. The third-order valence-corrected chi connectivity index (χ3v) is 3.25. The van der Waals surface area contributed by atoms with Gasteiger partial charge in [0.2, 0.25) is 0 Å². The van der Waals surface area contributed by atoms with Crippen LogP contribution in [0.5, 0.6) is 11.5 Å². The molecule has 0 aliphatic carbocycles. The first kappa shape index (κ1) is 19.1. The molecule has 6 nitrogen and oxygen atoms in total. The molecule has 1 aromatic carbocycles. The number of carbonyl (C=O) groups excluding carboxylic acids is 1. The van der Waals surface area contributed by atoms with Crippen molar-refractivity contribution in [2.45, 2.75) is 52.3 Å². The van der Waals surface area contributed by atoms with Gasteiger partial charge in [-0.25, -0.2) is 4.79 Å². The average Bonchev–Trinajstić information content (AvgIpc) is 2.47. The summed E-state index contributed by atoms with van der Waals surface area (Å²) in [5.41, 5.74) is 0.242. The molecule has 3 N–H and O–H groups in total. The lowest BCUT2D eigenvalue weighted by atomic mass is 10.1. The van der Waals surface area contributed by atoms with E-state index in [1.807, 2.05) is 27.7 Å². The fourth-order valence-corrected chi connectivity index (χ4v) is 1.97. The molecular weight excluding hydrogens is 296 g/mol. The van der Waals surface area contributed by atoms with Crippen molar-refractivity contribution in [2.24, 2.45) is 0 Å². The van der Waals surface area contributed by atoms with Crippen molar-refractivity contribution in [3.05, 3.63) is 23.8 Å². The zero-order valence-electron chi connectivity index (χ0n) is 14.6. The molecule has 0 aliphatic rings. The largest absolute Gasteiger partial charge is 0.508 e. The van der Waals surface area contributed by atoms with Gasteiger partial charge in [0.1, 0.15) is 17.1 Å². The molecule has 1 rings (SSSR count). The van der Waals surface area contributed by atoms with Crippen molar-refractivity contribution in [3.63, 3.8) is 0 Å². The zero-order valence-corrected chi connectivity index (χ0v) is 14.6. The van der Waals surface area contributed by atoms with Crippen LogP contribution in [0.3, 0.4) is 0 Å². The maximum atomic E-state index is 11.7. The van der Waals surface area contributed by atoms with E-state index in [1.165, 1.54) is 0 Å². The average molecular weight is 324 g/mol. The van der Waals surface area contributed by atoms with Gasteiger partial charge in [0, 0.05) is 24.7 Å². The number of rotatable bonds is 7. The summed E-state index contributed by atoms with van der Waals surface area (Å²) >= 11 is 0. The highest BCUT2D eigenvalue weighted by atomic mass is 16.6. The molecule has 1 amide bonds. The van der Waals surface area contributed by atoms with Gasteiger partial charge in [-0.3, -0.25) is 0 Å². The molecular formula is C17H28N2O4. The maximum Gasteiger partial charge on any atom is 0.407 e. The van der Waals surface area contributed by atoms with E-state index in [2.05, 4.69) is 10.6 Å². The van der Waals surface area contributed by atoms with Crippen LogP contribution in [0.1, 0.15) is 39.7 Å². The lowest BCUT2D eigenvalue weighted by molar-refractivity contribution is 0.0522. The van der Waals surface area contributed by atoms with Crippen LogP contribution in [0.4, 0.5) is 4.79 Å². The topological polar surface area (TPSA) is 79.8 Å². The van der Waals surface area contributed by atoms with Crippen LogP contribution < -0.4 is 15.4 Å². The van der Waals surface area contributed by atoms with Gasteiger partial charge in [-0.2, -0.15) is 0 Å². The minimum atomic E-state index is -0.508. The van der Waals surface area contributed by atoms with E-state index in [0.717, 1.165) is 12.0 Å².